The summed E-state index contributed by atoms with van der Waals surface area (Å²) in [4.78, 5) is 73.0. The second kappa shape index (κ2) is 72.9. The Bertz CT molecular complexity index is 2010. The number of hydrogen-bond acceptors (Lipinski definition) is 15. The van der Waals surface area contributed by atoms with E-state index in [1.165, 1.54) is 225 Å². The molecule has 17 nitrogen and oxygen atoms in total. The number of hydrogen-bond donors (Lipinski definition) is 3. The maximum absolute atomic E-state index is 13.1. The Morgan fingerprint density at radius 3 is 0.689 bits per heavy atom. The summed E-state index contributed by atoms with van der Waals surface area (Å²) in [5.74, 6) is 1.01. The third-order valence-electron chi connectivity index (χ3n) is 20.3. The third kappa shape index (κ3) is 75.3. The Morgan fingerprint density at radius 2 is 0.466 bits per heavy atom. The molecule has 4 unspecified atom stereocenters. The number of aliphatic hydroxyl groups is 1. The number of aliphatic hydroxyl groups excluding tert-OH is 1. The molecule has 0 saturated heterocycles. The topological polar surface area (TPSA) is 237 Å². The van der Waals surface area contributed by atoms with E-state index in [1.807, 2.05) is 0 Å². The van der Waals surface area contributed by atoms with E-state index in [-0.39, 0.29) is 25.7 Å². The molecule has 0 aliphatic carbocycles. The molecule has 19 heteroatoms. The Balaban J connectivity index is 5.14. The van der Waals surface area contributed by atoms with Crippen molar-refractivity contribution in [1.29, 1.82) is 0 Å². The normalized spacial score (nSPS) is 14.5. The summed E-state index contributed by atoms with van der Waals surface area (Å²) in [6, 6.07) is 0. The van der Waals surface area contributed by atoms with E-state index in [0.717, 1.165) is 120 Å². The zero-order valence-electron chi connectivity index (χ0n) is 68.0. The van der Waals surface area contributed by atoms with E-state index in [0.29, 0.717) is 31.6 Å². The lowest BCUT2D eigenvalue weighted by atomic mass is 9.99. The first-order valence-corrected chi connectivity index (χ1v) is 46.3. The SMILES string of the molecule is CCC(C)CCCCCCCCCCCCCCCCCCCCC(=O)O[C@H](COC(=O)CCCCCCCCC(C)CC)COP(=O)(O)OC[C@H](O)COP(=O)(O)OC[C@@H](COC(=O)CCCCCCCCCC(C)C)OC(=O)CCCCCCCCCCCCCCCCCCCCC(C)C. The summed E-state index contributed by atoms with van der Waals surface area (Å²) in [5, 5.41) is 10.6. The molecule has 0 heterocycles. The van der Waals surface area contributed by atoms with Crippen molar-refractivity contribution in [1.82, 2.24) is 0 Å². The molecule has 0 aromatic carbocycles. The zero-order chi connectivity index (χ0) is 76.0. The Morgan fingerprint density at radius 1 is 0.272 bits per heavy atom. The van der Waals surface area contributed by atoms with Gasteiger partial charge >= 0.3 is 39.5 Å². The molecule has 0 spiro atoms. The third-order valence-corrected chi connectivity index (χ3v) is 22.2. The minimum absolute atomic E-state index is 0.107. The van der Waals surface area contributed by atoms with Crippen molar-refractivity contribution in [3.63, 3.8) is 0 Å². The van der Waals surface area contributed by atoms with Crippen LogP contribution in [-0.4, -0.2) is 96.7 Å². The van der Waals surface area contributed by atoms with Gasteiger partial charge in [0.2, 0.25) is 0 Å². The largest absolute Gasteiger partial charge is 0.472 e. The number of rotatable bonds is 81. The van der Waals surface area contributed by atoms with Crippen LogP contribution >= 0.6 is 15.6 Å². The van der Waals surface area contributed by atoms with Crippen molar-refractivity contribution < 1.29 is 80.2 Å². The van der Waals surface area contributed by atoms with Crippen molar-refractivity contribution in [2.75, 3.05) is 39.6 Å². The number of unbranched alkanes of at least 4 members (excludes halogenated alkanes) is 45. The van der Waals surface area contributed by atoms with Crippen molar-refractivity contribution >= 4 is 39.5 Å². The highest BCUT2D eigenvalue weighted by atomic mass is 31.2. The highest BCUT2D eigenvalue weighted by Crippen LogP contribution is 2.45. The van der Waals surface area contributed by atoms with Crippen molar-refractivity contribution in [3.8, 4) is 0 Å². The van der Waals surface area contributed by atoms with E-state index in [1.54, 1.807) is 0 Å². The Labute approximate surface area is 632 Å². The van der Waals surface area contributed by atoms with Crippen LogP contribution in [0.5, 0.6) is 0 Å². The zero-order valence-corrected chi connectivity index (χ0v) is 69.7. The minimum atomic E-state index is -4.96. The first-order chi connectivity index (χ1) is 49.7. The fraction of sp³-hybridized carbons (Fsp3) is 0.952. The molecule has 0 aliphatic heterocycles. The standard InChI is InChI=1S/C84H164O17P2/c1-9-76(7)62-54-46-38-32-28-24-20-16-12-14-18-22-26-30-34-40-51-59-67-84(89)101-80(71-95-82(87)65-57-49-43-42-47-55-63-77(8)10-2)73-99-103(92,93)97-69-78(85)68-96-102(90,91)98-72-79(70-94-81(86)64-56-48-41-35-37-45-53-61-75(5)6)100-83(88)66-58-50-39-33-29-25-21-17-13-11-15-19-23-27-31-36-44-52-60-74(3)4/h74-80,85H,9-73H2,1-8H3,(H,90,91)(H,92,93)/t76?,77?,78-,79-,80-/m1/s1. The van der Waals surface area contributed by atoms with Gasteiger partial charge in [-0.15, -0.1) is 0 Å². The van der Waals surface area contributed by atoms with Gasteiger partial charge in [-0.1, -0.05) is 383 Å². The van der Waals surface area contributed by atoms with Gasteiger partial charge < -0.3 is 33.8 Å². The Hall–Kier alpha value is -1.94. The number of ether oxygens (including phenoxy) is 4. The second-order valence-corrected chi connectivity index (χ2v) is 34.6. The van der Waals surface area contributed by atoms with E-state index in [9.17, 15) is 43.2 Å². The van der Waals surface area contributed by atoms with Gasteiger partial charge in [0.05, 0.1) is 26.4 Å². The summed E-state index contributed by atoms with van der Waals surface area (Å²) < 4.78 is 68.7. The summed E-state index contributed by atoms with van der Waals surface area (Å²) in [6.07, 6.45) is 61.4. The second-order valence-electron chi connectivity index (χ2n) is 31.7. The van der Waals surface area contributed by atoms with E-state index in [2.05, 4.69) is 55.4 Å². The number of carbonyl (C=O) groups is 4. The van der Waals surface area contributed by atoms with Crippen LogP contribution in [-0.2, 0) is 65.4 Å². The van der Waals surface area contributed by atoms with Crippen LogP contribution in [0.15, 0.2) is 0 Å². The van der Waals surface area contributed by atoms with Gasteiger partial charge in [0.15, 0.2) is 12.2 Å². The predicted molar refractivity (Wildman–Crippen MR) is 423 cm³/mol. The van der Waals surface area contributed by atoms with E-state index < -0.39 is 97.5 Å². The predicted octanol–water partition coefficient (Wildman–Crippen LogP) is 25.2. The minimum Gasteiger partial charge on any atom is -0.462 e. The molecule has 3 N–H and O–H groups in total. The number of phosphoric ester groups is 2. The quantitative estimate of drug-likeness (QED) is 0.0222. The van der Waals surface area contributed by atoms with E-state index >= 15 is 0 Å². The van der Waals surface area contributed by atoms with Gasteiger partial charge in [-0.25, -0.2) is 9.13 Å². The van der Waals surface area contributed by atoms with Crippen LogP contribution in [0.1, 0.15) is 434 Å². The molecule has 0 aliphatic rings. The highest BCUT2D eigenvalue weighted by Gasteiger charge is 2.30. The molecule has 0 rings (SSSR count). The Kier molecular flexibility index (Phi) is 71.5. The number of phosphoric acid groups is 2. The summed E-state index contributed by atoms with van der Waals surface area (Å²) >= 11 is 0. The van der Waals surface area contributed by atoms with Gasteiger partial charge in [0.25, 0.3) is 0 Å². The van der Waals surface area contributed by atoms with Gasteiger partial charge in [-0.05, 0) is 49.4 Å². The fourth-order valence-corrected chi connectivity index (χ4v) is 14.5. The van der Waals surface area contributed by atoms with Crippen LogP contribution in [0.3, 0.4) is 0 Å². The molecular formula is C84H164O17P2. The maximum Gasteiger partial charge on any atom is 0.472 e. The average molecular weight is 1510 g/mol. The molecule has 0 fully saturated rings. The summed E-state index contributed by atoms with van der Waals surface area (Å²) in [6.45, 7) is 14.3. The highest BCUT2D eigenvalue weighted by molar-refractivity contribution is 7.47. The van der Waals surface area contributed by atoms with E-state index in [4.69, 9.17) is 37.0 Å². The lowest BCUT2D eigenvalue weighted by Crippen LogP contribution is -2.30. The van der Waals surface area contributed by atoms with Gasteiger partial charge in [0, 0.05) is 25.7 Å². The molecule has 0 saturated carbocycles. The molecule has 7 atom stereocenters. The number of carbonyl (C=O) groups excluding carboxylic acids is 4. The van der Waals surface area contributed by atoms with Crippen LogP contribution in [0, 0.1) is 23.7 Å². The van der Waals surface area contributed by atoms with Crippen LogP contribution < -0.4 is 0 Å². The lowest BCUT2D eigenvalue weighted by Gasteiger charge is -2.21. The molecule has 103 heavy (non-hydrogen) atoms. The molecule has 0 aromatic heterocycles. The van der Waals surface area contributed by atoms with Gasteiger partial charge in [-0.2, -0.15) is 0 Å². The van der Waals surface area contributed by atoms with Crippen LogP contribution in [0.25, 0.3) is 0 Å². The van der Waals surface area contributed by atoms with Gasteiger partial charge in [0.1, 0.15) is 19.3 Å². The van der Waals surface area contributed by atoms with Gasteiger partial charge in [-0.3, -0.25) is 37.3 Å². The maximum atomic E-state index is 13.1. The van der Waals surface area contributed by atoms with Crippen LogP contribution in [0.2, 0.25) is 0 Å². The molecular weight excluding hydrogens is 1340 g/mol. The smallest absolute Gasteiger partial charge is 0.462 e. The molecule has 0 bridgehead atoms. The summed E-state index contributed by atoms with van der Waals surface area (Å²) in [5.41, 5.74) is 0. The summed E-state index contributed by atoms with van der Waals surface area (Å²) in [7, 11) is -9.92. The monoisotopic (exact) mass is 1510 g/mol. The first-order valence-electron chi connectivity index (χ1n) is 43.3. The number of esters is 4. The van der Waals surface area contributed by atoms with Crippen LogP contribution in [0.4, 0.5) is 0 Å². The molecule has 0 radical (unpaired) electrons. The molecule has 0 amide bonds. The lowest BCUT2D eigenvalue weighted by molar-refractivity contribution is -0.161. The average Bonchev–Trinajstić information content (AvgIpc) is 0.933. The molecule has 612 valence electrons. The van der Waals surface area contributed by atoms with Crippen molar-refractivity contribution in [2.45, 2.75) is 453 Å². The molecule has 0 aromatic rings. The van der Waals surface area contributed by atoms with Crippen molar-refractivity contribution in [2.24, 2.45) is 23.7 Å². The fourth-order valence-electron chi connectivity index (χ4n) is 12.9. The first kappa shape index (κ1) is 101. The van der Waals surface area contributed by atoms with Crippen molar-refractivity contribution in [3.05, 3.63) is 0 Å².